The fourth-order valence-corrected chi connectivity index (χ4v) is 2.86. The highest BCUT2D eigenvalue weighted by Gasteiger charge is 2.36. The number of carbonyl (C=O) groups excluding carboxylic acids is 1. The van der Waals surface area contributed by atoms with E-state index in [1.54, 1.807) is 25.1 Å². The molecule has 0 N–H and O–H groups in total. The first-order valence-electron chi connectivity index (χ1n) is 6.13. The Morgan fingerprint density at radius 2 is 1.75 bits per heavy atom. The first-order valence-corrected chi connectivity index (χ1v) is 7.26. The van der Waals surface area contributed by atoms with Crippen molar-refractivity contribution in [1.82, 2.24) is 0 Å². The summed E-state index contributed by atoms with van der Waals surface area (Å²) >= 11 is 18.1. The van der Waals surface area contributed by atoms with Gasteiger partial charge in [-0.25, -0.2) is 0 Å². The summed E-state index contributed by atoms with van der Waals surface area (Å²) in [4.78, 5) is 12.0. The third kappa shape index (κ3) is 3.17. The summed E-state index contributed by atoms with van der Waals surface area (Å²) in [6.45, 7) is 1.78. The molecule has 4 heteroatoms. The molecule has 0 radical (unpaired) electrons. The zero-order valence-corrected chi connectivity index (χ0v) is 13.1. The average molecular weight is 328 g/mol. The van der Waals surface area contributed by atoms with E-state index < -0.39 is 10.7 Å². The van der Waals surface area contributed by atoms with Crippen molar-refractivity contribution in [3.8, 4) is 0 Å². The van der Waals surface area contributed by atoms with E-state index in [4.69, 9.17) is 34.8 Å². The highest BCUT2D eigenvalue weighted by molar-refractivity contribution is 6.65. The molecule has 1 nitrogen and oxygen atoms in total. The summed E-state index contributed by atoms with van der Waals surface area (Å²) in [7, 11) is 0. The van der Waals surface area contributed by atoms with Crippen LogP contribution < -0.4 is 0 Å². The van der Waals surface area contributed by atoms with E-state index in [0.717, 1.165) is 5.56 Å². The van der Waals surface area contributed by atoms with Crippen molar-refractivity contribution in [2.45, 2.75) is 18.8 Å². The Bertz CT molecular complexity index is 625. The van der Waals surface area contributed by atoms with Crippen LogP contribution >= 0.6 is 34.8 Å². The molecule has 0 saturated carbocycles. The molecule has 2 aromatic rings. The number of hydrogen-bond acceptors (Lipinski definition) is 1. The van der Waals surface area contributed by atoms with Gasteiger partial charge in [0.15, 0.2) is 0 Å². The van der Waals surface area contributed by atoms with Gasteiger partial charge in [0.25, 0.3) is 0 Å². The fraction of sp³-hybridized carbons (Fsp3) is 0.188. The maximum Gasteiger partial charge on any atom is 0.232 e. The Balaban J connectivity index is 2.49. The van der Waals surface area contributed by atoms with Gasteiger partial charge in [-0.1, -0.05) is 53.5 Å². The lowest BCUT2D eigenvalue weighted by atomic mass is 9.78. The van der Waals surface area contributed by atoms with Crippen molar-refractivity contribution in [1.29, 1.82) is 0 Å². The second-order valence-electron chi connectivity index (χ2n) is 4.89. The molecule has 0 fully saturated rings. The topological polar surface area (TPSA) is 17.1 Å². The van der Waals surface area contributed by atoms with E-state index in [-0.39, 0.29) is 0 Å². The molecule has 0 heterocycles. The van der Waals surface area contributed by atoms with Crippen molar-refractivity contribution in [2.75, 3.05) is 0 Å². The van der Waals surface area contributed by atoms with Crippen LogP contribution in [0.3, 0.4) is 0 Å². The minimum absolute atomic E-state index is 0.453. The molecule has 104 valence electrons. The molecule has 0 spiro atoms. The van der Waals surface area contributed by atoms with Gasteiger partial charge in [0.1, 0.15) is 0 Å². The predicted molar refractivity (Wildman–Crippen MR) is 84.8 cm³/mol. The van der Waals surface area contributed by atoms with Crippen LogP contribution in [0.1, 0.15) is 18.1 Å². The first-order chi connectivity index (χ1) is 9.43. The third-order valence-corrected chi connectivity index (χ3v) is 4.34. The van der Waals surface area contributed by atoms with E-state index in [1.165, 1.54) is 0 Å². The summed E-state index contributed by atoms with van der Waals surface area (Å²) in [5.74, 6) is 0. The molecule has 0 aliphatic heterocycles. The van der Waals surface area contributed by atoms with Crippen LogP contribution in [0.15, 0.2) is 48.5 Å². The SMILES string of the molecule is CC(Cc1ccccc1)(C(=O)Cl)c1cc(Cl)ccc1Cl. The number of benzene rings is 2. The molecule has 20 heavy (non-hydrogen) atoms. The van der Waals surface area contributed by atoms with Gasteiger partial charge in [-0.2, -0.15) is 0 Å². The van der Waals surface area contributed by atoms with Gasteiger partial charge >= 0.3 is 0 Å². The lowest BCUT2D eigenvalue weighted by molar-refractivity contribution is -0.116. The lowest BCUT2D eigenvalue weighted by Crippen LogP contribution is -2.32. The zero-order chi connectivity index (χ0) is 14.8. The van der Waals surface area contributed by atoms with Gasteiger partial charge in [-0.05, 0) is 54.3 Å². The van der Waals surface area contributed by atoms with Gasteiger partial charge < -0.3 is 0 Å². The Morgan fingerprint density at radius 3 is 2.35 bits per heavy atom. The second kappa shape index (κ2) is 6.17. The molecule has 2 aromatic carbocycles. The smallest absolute Gasteiger partial charge is 0.232 e. The third-order valence-electron chi connectivity index (χ3n) is 3.36. The van der Waals surface area contributed by atoms with Crippen molar-refractivity contribution in [3.05, 3.63) is 69.7 Å². The van der Waals surface area contributed by atoms with E-state index in [9.17, 15) is 4.79 Å². The summed E-state index contributed by atoms with van der Waals surface area (Å²) in [6.07, 6.45) is 0.468. The molecule has 2 rings (SSSR count). The molecule has 1 unspecified atom stereocenters. The maximum absolute atomic E-state index is 12.0. The van der Waals surface area contributed by atoms with Crippen molar-refractivity contribution >= 4 is 40.0 Å². The summed E-state index contributed by atoms with van der Waals surface area (Å²) in [5.41, 5.74) is 0.751. The van der Waals surface area contributed by atoms with E-state index in [1.807, 2.05) is 30.3 Å². The normalized spacial score (nSPS) is 13.8. The molecule has 0 bridgehead atoms. The lowest BCUT2D eigenvalue weighted by Gasteiger charge is -2.27. The number of rotatable bonds is 4. The Hall–Kier alpha value is -1.02. The van der Waals surface area contributed by atoms with Crippen LogP contribution in [0.2, 0.25) is 10.0 Å². The fourth-order valence-electron chi connectivity index (χ4n) is 2.20. The molecule has 0 saturated heterocycles. The predicted octanol–water partition coefficient (Wildman–Crippen LogP) is 5.26. The standard InChI is InChI=1S/C16H13Cl3O/c1-16(15(19)20,10-11-5-3-2-4-6-11)13-9-12(17)7-8-14(13)18/h2-9H,10H2,1H3. The minimum atomic E-state index is -0.912. The highest BCUT2D eigenvalue weighted by atomic mass is 35.5. The number of carbonyl (C=O) groups is 1. The Labute approximate surface area is 133 Å². The molecule has 1 atom stereocenters. The minimum Gasteiger partial charge on any atom is -0.280 e. The summed E-state index contributed by atoms with van der Waals surface area (Å²) < 4.78 is 0. The Morgan fingerprint density at radius 1 is 1.10 bits per heavy atom. The van der Waals surface area contributed by atoms with Crippen molar-refractivity contribution in [3.63, 3.8) is 0 Å². The van der Waals surface area contributed by atoms with Crippen LogP contribution in [0.25, 0.3) is 0 Å². The Kier molecular flexibility index (Phi) is 4.74. The van der Waals surface area contributed by atoms with Crippen LogP contribution in [0, 0.1) is 0 Å². The average Bonchev–Trinajstić information content (AvgIpc) is 2.42. The van der Waals surface area contributed by atoms with Crippen molar-refractivity contribution < 1.29 is 4.79 Å². The number of hydrogen-bond donors (Lipinski definition) is 0. The monoisotopic (exact) mass is 326 g/mol. The second-order valence-corrected chi connectivity index (χ2v) is 6.08. The van der Waals surface area contributed by atoms with Gasteiger partial charge in [0.2, 0.25) is 5.24 Å². The zero-order valence-electron chi connectivity index (χ0n) is 10.9. The summed E-state index contributed by atoms with van der Waals surface area (Å²) in [5, 5.41) is 0.564. The van der Waals surface area contributed by atoms with Gasteiger partial charge in [-0.3, -0.25) is 4.79 Å². The largest absolute Gasteiger partial charge is 0.280 e. The van der Waals surface area contributed by atoms with Crippen LogP contribution in [0.5, 0.6) is 0 Å². The van der Waals surface area contributed by atoms with E-state index in [0.29, 0.717) is 22.0 Å². The van der Waals surface area contributed by atoms with Crippen molar-refractivity contribution in [2.24, 2.45) is 0 Å². The molecule has 0 aliphatic carbocycles. The first kappa shape index (κ1) is 15.4. The van der Waals surface area contributed by atoms with Gasteiger partial charge in [0.05, 0.1) is 5.41 Å². The summed E-state index contributed by atoms with van der Waals surface area (Å²) in [6, 6.07) is 14.8. The van der Waals surface area contributed by atoms with Crippen LogP contribution in [-0.4, -0.2) is 5.24 Å². The van der Waals surface area contributed by atoms with Gasteiger partial charge in [-0.15, -0.1) is 0 Å². The van der Waals surface area contributed by atoms with Crippen LogP contribution in [-0.2, 0) is 16.6 Å². The van der Waals surface area contributed by atoms with E-state index in [2.05, 4.69) is 0 Å². The molecule has 0 aromatic heterocycles. The maximum atomic E-state index is 12.0. The molecule has 0 amide bonds. The molecular weight excluding hydrogens is 315 g/mol. The number of halogens is 3. The van der Waals surface area contributed by atoms with Gasteiger partial charge in [0, 0.05) is 10.0 Å². The quantitative estimate of drug-likeness (QED) is 0.700. The highest BCUT2D eigenvalue weighted by Crippen LogP contribution is 2.36. The van der Waals surface area contributed by atoms with E-state index >= 15 is 0 Å². The molecule has 0 aliphatic rings. The van der Waals surface area contributed by atoms with Crippen LogP contribution in [0.4, 0.5) is 0 Å². The molecular formula is C16H13Cl3O.